The number of carbonyl (C=O) groups is 1. The molecule has 2 N–H and O–H groups in total. The lowest BCUT2D eigenvalue weighted by atomic mass is 10.1. The summed E-state index contributed by atoms with van der Waals surface area (Å²) in [4.78, 5) is 17.3. The maximum atomic E-state index is 12.6. The average Bonchev–Trinajstić information content (AvgIpc) is 3.17. The zero-order valence-electron chi connectivity index (χ0n) is 18.0. The maximum Gasteiger partial charge on any atom is 0.255 e. The van der Waals surface area contributed by atoms with Crippen LogP contribution in [0.4, 0.5) is 5.69 Å². The molecule has 164 valence electrons. The lowest BCUT2D eigenvalue weighted by Gasteiger charge is -2.20. The van der Waals surface area contributed by atoms with Gasteiger partial charge in [-0.25, -0.2) is 18.1 Å². The van der Waals surface area contributed by atoms with Crippen LogP contribution < -0.4 is 10.0 Å². The fourth-order valence-corrected chi connectivity index (χ4v) is 4.67. The molecule has 2 aromatic heterocycles. The number of nitrogens with zero attached hydrogens (tertiary/aromatic N) is 2. The van der Waals surface area contributed by atoms with Crippen LogP contribution in [0.5, 0.6) is 0 Å². The van der Waals surface area contributed by atoms with Crippen LogP contribution in [0.2, 0.25) is 0 Å². The van der Waals surface area contributed by atoms with Gasteiger partial charge in [-0.15, -0.1) is 0 Å². The number of sulfonamides is 1. The topological polar surface area (TPSA) is 92.6 Å². The van der Waals surface area contributed by atoms with Gasteiger partial charge in [0, 0.05) is 34.7 Å². The molecule has 0 saturated heterocycles. The Morgan fingerprint density at radius 2 is 1.62 bits per heavy atom. The van der Waals surface area contributed by atoms with Gasteiger partial charge in [0.15, 0.2) is 0 Å². The van der Waals surface area contributed by atoms with E-state index in [-0.39, 0.29) is 10.8 Å². The summed E-state index contributed by atoms with van der Waals surface area (Å²) in [5.74, 6) is -0.321. The van der Waals surface area contributed by atoms with Gasteiger partial charge in [-0.3, -0.25) is 4.79 Å². The Morgan fingerprint density at radius 3 is 2.25 bits per heavy atom. The molecular weight excluding hydrogens is 424 g/mol. The van der Waals surface area contributed by atoms with Crippen LogP contribution in [0, 0.1) is 0 Å². The van der Waals surface area contributed by atoms with Crippen LogP contribution in [0.15, 0.2) is 84.0 Å². The molecule has 0 fully saturated rings. The van der Waals surface area contributed by atoms with Crippen LogP contribution in [0.3, 0.4) is 0 Å². The monoisotopic (exact) mass is 448 g/mol. The molecule has 0 spiro atoms. The molecule has 8 heteroatoms. The number of benzene rings is 2. The van der Waals surface area contributed by atoms with Crippen molar-refractivity contribution in [2.45, 2.75) is 31.2 Å². The van der Waals surface area contributed by atoms with Crippen molar-refractivity contribution in [1.29, 1.82) is 0 Å². The number of aromatic nitrogens is 2. The molecule has 4 rings (SSSR count). The van der Waals surface area contributed by atoms with E-state index < -0.39 is 15.6 Å². The van der Waals surface area contributed by atoms with Gasteiger partial charge in [0.2, 0.25) is 10.0 Å². The molecule has 0 unspecified atom stereocenters. The van der Waals surface area contributed by atoms with Crippen molar-refractivity contribution in [3.05, 3.63) is 84.7 Å². The van der Waals surface area contributed by atoms with Gasteiger partial charge in [0.05, 0.1) is 10.6 Å². The van der Waals surface area contributed by atoms with Gasteiger partial charge in [0.1, 0.15) is 5.65 Å². The SMILES string of the molecule is CC(C)(C)NS(=O)(=O)c1ccc(C(=O)Nc2ccc(-c3cn4ccccc4n3)cc2)cc1. The van der Waals surface area contributed by atoms with E-state index in [0.717, 1.165) is 16.9 Å². The molecule has 0 aliphatic rings. The van der Waals surface area contributed by atoms with Crippen molar-refractivity contribution >= 4 is 27.3 Å². The molecule has 32 heavy (non-hydrogen) atoms. The number of rotatable bonds is 5. The first kappa shape index (κ1) is 21.7. The van der Waals surface area contributed by atoms with E-state index in [1.165, 1.54) is 24.3 Å². The summed E-state index contributed by atoms with van der Waals surface area (Å²) in [7, 11) is -3.65. The molecule has 4 aromatic rings. The van der Waals surface area contributed by atoms with Crippen molar-refractivity contribution in [2.75, 3.05) is 5.32 Å². The molecule has 1 amide bonds. The second kappa shape index (κ2) is 8.22. The van der Waals surface area contributed by atoms with E-state index in [9.17, 15) is 13.2 Å². The number of nitrogens with one attached hydrogen (secondary N) is 2. The summed E-state index contributed by atoms with van der Waals surface area (Å²) < 4.78 is 29.4. The Balaban J connectivity index is 1.46. The summed E-state index contributed by atoms with van der Waals surface area (Å²) in [6, 6.07) is 19.1. The standard InChI is InChI=1S/C24H24N4O3S/c1-24(2,3)27-32(30,31)20-13-9-18(10-14-20)23(29)25-19-11-7-17(8-12-19)21-16-28-15-5-4-6-22(28)26-21/h4-16,27H,1-3H3,(H,25,29). The van der Waals surface area contributed by atoms with E-state index >= 15 is 0 Å². The number of amides is 1. The number of hydrogen-bond acceptors (Lipinski definition) is 4. The minimum absolute atomic E-state index is 0.112. The van der Waals surface area contributed by atoms with Crippen LogP contribution in [0.1, 0.15) is 31.1 Å². The molecule has 7 nitrogen and oxygen atoms in total. The van der Waals surface area contributed by atoms with Gasteiger partial charge in [-0.2, -0.15) is 0 Å². The quantitative estimate of drug-likeness (QED) is 0.475. The summed E-state index contributed by atoms with van der Waals surface area (Å²) in [5.41, 5.74) is 3.05. The average molecular weight is 449 g/mol. The van der Waals surface area contributed by atoms with Crippen molar-refractivity contribution in [3.8, 4) is 11.3 Å². The molecule has 2 aromatic carbocycles. The third-order valence-corrected chi connectivity index (χ3v) is 6.44. The first-order valence-corrected chi connectivity index (χ1v) is 11.6. The highest BCUT2D eigenvalue weighted by molar-refractivity contribution is 7.89. The van der Waals surface area contributed by atoms with Gasteiger partial charge in [-0.1, -0.05) is 18.2 Å². The minimum Gasteiger partial charge on any atom is -0.322 e. The van der Waals surface area contributed by atoms with Gasteiger partial charge in [-0.05, 0) is 69.3 Å². The first-order chi connectivity index (χ1) is 15.1. The Bertz CT molecular complexity index is 1330. The second-order valence-electron chi connectivity index (χ2n) is 8.50. The number of carbonyl (C=O) groups excluding carboxylic acids is 1. The minimum atomic E-state index is -3.65. The van der Waals surface area contributed by atoms with E-state index in [1.54, 1.807) is 20.8 Å². The van der Waals surface area contributed by atoms with Crippen molar-refractivity contribution < 1.29 is 13.2 Å². The first-order valence-electron chi connectivity index (χ1n) is 10.1. The second-order valence-corrected chi connectivity index (χ2v) is 10.2. The largest absolute Gasteiger partial charge is 0.322 e. The van der Waals surface area contributed by atoms with Crippen LogP contribution in [-0.2, 0) is 10.0 Å². The predicted molar refractivity (Wildman–Crippen MR) is 125 cm³/mol. The third kappa shape index (κ3) is 4.87. The number of fused-ring (bicyclic) bond motifs is 1. The van der Waals surface area contributed by atoms with E-state index in [2.05, 4.69) is 15.0 Å². The fourth-order valence-electron chi connectivity index (χ4n) is 3.25. The van der Waals surface area contributed by atoms with Crippen molar-refractivity contribution in [2.24, 2.45) is 0 Å². The zero-order valence-corrected chi connectivity index (χ0v) is 18.8. The van der Waals surface area contributed by atoms with Crippen LogP contribution >= 0.6 is 0 Å². The molecular formula is C24H24N4O3S. The van der Waals surface area contributed by atoms with E-state index in [0.29, 0.717) is 11.3 Å². The molecule has 0 saturated carbocycles. The van der Waals surface area contributed by atoms with Crippen LogP contribution in [0.25, 0.3) is 16.9 Å². The molecule has 0 aliphatic heterocycles. The van der Waals surface area contributed by atoms with Crippen LogP contribution in [-0.4, -0.2) is 29.2 Å². The summed E-state index contributed by atoms with van der Waals surface area (Å²) in [6.07, 6.45) is 3.89. The highest BCUT2D eigenvalue weighted by Crippen LogP contribution is 2.22. The smallest absolute Gasteiger partial charge is 0.255 e. The van der Waals surface area contributed by atoms with Gasteiger partial charge < -0.3 is 9.72 Å². The molecule has 0 bridgehead atoms. The van der Waals surface area contributed by atoms with Crippen molar-refractivity contribution in [1.82, 2.24) is 14.1 Å². The van der Waals surface area contributed by atoms with E-state index in [1.807, 2.05) is 59.3 Å². The summed E-state index contributed by atoms with van der Waals surface area (Å²) in [5, 5.41) is 2.83. The Morgan fingerprint density at radius 1 is 0.938 bits per heavy atom. The summed E-state index contributed by atoms with van der Waals surface area (Å²) in [6.45, 7) is 5.31. The third-order valence-electron chi connectivity index (χ3n) is 4.67. The Labute approximate surface area is 187 Å². The number of pyridine rings is 1. The lowest BCUT2D eigenvalue weighted by molar-refractivity contribution is 0.102. The van der Waals surface area contributed by atoms with Gasteiger partial charge in [0.25, 0.3) is 5.91 Å². The summed E-state index contributed by atoms with van der Waals surface area (Å²) >= 11 is 0. The Hall–Kier alpha value is -3.49. The molecule has 0 aliphatic carbocycles. The van der Waals surface area contributed by atoms with E-state index in [4.69, 9.17) is 0 Å². The normalized spacial score (nSPS) is 12.1. The zero-order chi connectivity index (χ0) is 22.9. The highest BCUT2D eigenvalue weighted by atomic mass is 32.2. The molecule has 2 heterocycles. The lowest BCUT2D eigenvalue weighted by Crippen LogP contribution is -2.40. The maximum absolute atomic E-state index is 12.6. The molecule has 0 radical (unpaired) electrons. The van der Waals surface area contributed by atoms with Crippen molar-refractivity contribution in [3.63, 3.8) is 0 Å². The number of imidazole rings is 1. The number of anilines is 1. The van der Waals surface area contributed by atoms with Gasteiger partial charge >= 0.3 is 0 Å². The number of hydrogen-bond donors (Lipinski definition) is 2. The highest BCUT2D eigenvalue weighted by Gasteiger charge is 2.22. The predicted octanol–water partition coefficient (Wildman–Crippen LogP) is 4.33. The fraction of sp³-hybridized carbons (Fsp3) is 0.167. The Kier molecular flexibility index (Phi) is 5.58. The molecule has 0 atom stereocenters.